The quantitative estimate of drug-likeness (QED) is 0.232. The molecule has 0 saturated carbocycles. The third kappa shape index (κ3) is 5.42. The third-order valence-electron chi connectivity index (χ3n) is 6.05. The number of hydrogen-bond donors (Lipinski definition) is 2. The fourth-order valence-electron chi connectivity index (χ4n) is 3.94. The van der Waals surface area contributed by atoms with Crippen LogP contribution in [0.2, 0.25) is 0 Å². The van der Waals surface area contributed by atoms with Crippen molar-refractivity contribution >= 4 is 39.4 Å². The van der Waals surface area contributed by atoms with Crippen LogP contribution in [0.5, 0.6) is 5.75 Å². The second-order valence-corrected chi connectivity index (χ2v) is 9.60. The number of carbonyl (C=O) groups excluding carboxylic acids is 2. The number of nitrogens with one attached hydrogen (secondary N) is 2. The number of anilines is 1. The third-order valence-corrected chi connectivity index (χ3v) is 6.81. The number of imidazole rings is 1. The van der Waals surface area contributed by atoms with Crippen LogP contribution in [0.1, 0.15) is 29.3 Å². The molecule has 3 aromatic carbocycles. The van der Waals surface area contributed by atoms with Crippen molar-refractivity contribution in [3.63, 3.8) is 0 Å². The number of amides is 1. The van der Waals surface area contributed by atoms with Gasteiger partial charge in [0.15, 0.2) is 11.2 Å². The van der Waals surface area contributed by atoms with Gasteiger partial charge in [-0.3, -0.25) is 10.1 Å². The summed E-state index contributed by atoms with van der Waals surface area (Å²) in [5.74, 6) is 0.417. The van der Waals surface area contributed by atoms with Gasteiger partial charge in [0.1, 0.15) is 11.6 Å². The highest BCUT2D eigenvalue weighted by molar-refractivity contribution is 7.14. The largest absolute Gasteiger partial charge is 0.497 e. The van der Waals surface area contributed by atoms with E-state index in [0.29, 0.717) is 34.2 Å². The highest BCUT2D eigenvalue weighted by atomic mass is 32.1. The van der Waals surface area contributed by atoms with Crippen molar-refractivity contribution in [1.29, 1.82) is 0 Å². The number of thiazole rings is 1. The van der Waals surface area contributed by atoms with E-state index in [1.54, 1.807) is 32.2 Å². The number of esters is 1. The second kappa shape index (κ2) is 10.9. The Kier molecular flexibility index (Phi) is 7.19. The summed E-state index contributed by atoms with van der Waals surface area (Å²) in [6.07, 6.45) is -0.650. The van der Waals surface area contributed by atoms with E-state index in [-0.39, 0.29) is 0 Å². The number of aromatic amines is 1. The van der Waals surface area contributed by atoms with Gasteiger partial charge in [-0.2, -0.15) is 0 Å². The van der Waals surface area contributed by atoms with Crippen molar-refractivity contribution in [1.82, 2.24) is 15.0 Å². The van der Waals surface area contributed by atoms with E-state index in [4.69, 9.17) is 9.47 Å². The standard InChI is InChI=1S/C29H26N4O4S/c1-4-25(27(34)33-29-32-24(16-38-29)19-6-5-7-21(14-19)36-3)37-28(35)20-12-13-22-23(15-20)31-26(30-22)18-10-8-17(2)9-11-18/h5-16,25H,4H2,1-3H3,(H,30,31)(H,32,33,34). The van der Waals surface area contributed by atoms with Crippen LogP contribution in [0, 0.1) is 6.92 Å². The number of aryl methyl sites for hydroxylation is 1. The summed E-state index contributed by atoms with van der Waals surface area (Å²) in [5.41, 5.74) is 5.48. The van der Waals surface area contributed by atoms with Crippen molar-refractivity contribution in [3.8, 4) is 28.4 Å². The van der Waals surface area contributed by atoms with Crippen LogP contribution in [-0.2, 0) is 9.53 Å². The van der Waals surface area contributed by atoms with E-state index in [0.717, 1.165) is 28.0 Å². The molecule has 0 aliphatic rings. The number of H-pyrrole nitrogens is 1. The molecule has 5 aromatic rings. The molecule has 38 heavy (non-hydrogen) atoms. The lowest BCUT2D eigenvalue weighted by molar-refractivity contribution is -0.124. The van der Waals surface area contributed by atoms with Gasteiger partial charge in [-0.05, 0) is 43.7 Å². The number of benzene rings is 3. The number of ether oxygens (including phenoxy) is 2. The fourth-order valence-corrected chi connectivity index (χ4v) is 4.66. The molecule has 2 aromatic heterocycles. The van der Waals surface area contributed by atoms with Crippen LogP contribution < -0.4 is 10.1 Å². The molecule has 9 heteroatoms. The maximum absolute atomic E-state index is 12.9. The van der Waals surface area contributed by atoms with Gasteiger partial charge in [0.05, 0.1) is 29.4 Å². The predicted molar refractivity (Wildman–Crippen MR) is 148 cm³/mol. The average molecular weight is 527 g/mol. The molecule has 5 rings (SSSR count). The molecule has 0 spiro atoms. The van der Waals surface area contributed by atoms with Crippen molar-refractivity contribution in [2.24, 2.45) is 0 Å². The van der Waals surface area contributed by atoms with Crippen molar-refractivity contribution in [3.05, 3.63) is 83.2 Å². The molecule has 1 atom stereocenters. The fraction of sp³-hybridized carbons (Fsp3) is 0.172. The summed E-state index contributed by atoms with van der Waals surface area (Å²) in [4.78, 5) is 38.2. The monoisotopic (exact) mass is 526 g/mol. The van der Waals surface area contributed by atoms with Crippen LogP contribution in [-0.4, -0.2) is 40.0 Å². The lowest BCUT2D eigenvalue weighted by Gasteiger charge is -2.15. The highest BCUT2D eigenvalue weighted by Crippen LogP contribution is 2.28. The maximum atomic E-state index is 12.9. The van der Waals surface area contributed by atoms with Gasteiger partial charge in [0.25, 0.3) is 5.91 Å². The van der Waals surface area contributed by atoms with Crippen LogP contribution in [0.25, 0.3) is 33.7 Å². The lowest BCUT2D eigenvalue weighted by Crippen LogP contribution is -2.32. The van der Waals surface area contributed by atoms with Gasteiger partial charge in [-0.15, -0.1) is 11.3 Å². The van der Waals surface area contributed by atoms with Gasteiger partial charge >= 0.3 is 5.97 Å². The summed E-state index contributed by atoms with van der Waals surface area (Å²) in [5, 5.41) is 5.04. The Bertz CT molecular complexity index is 1610. The Hall–Kier alpha value is -4.50. The Morgan fingerprint density at radius 1 is 1.03 bits per heavy atom. The van der Waals surface area contributed by atoms with Crippen LogP contribution in [0.4, 0.5) is 5.13 Å². The van der Waals surface area contributed by atoms with Gasteiger partial charge in [0.2, 0.25) is 0 Å². The van der Waals surface area contributed by atoms with Crippen molar-refractivity contribution in [2.45, 2.75) is 26.4 Å². The number of fused-ring (bicyclic) bond motifs is 1. The van der Waals surface area contributed by atoms with E-state index in [9.17, 15) is 9.59 Å². The number of carbonyl (C=O) groups is 2. The van der Waals surface area contributed by atoms with E-state index >= 15 is 0 Å². The van der Waals surface area contributed by atoms with Crippen LogP contribution >= 0.6 is 11.3 Å². The van der Waals surface area contributed by atoms with Gasteiger partial charge in [-0.25, -0.2) is 14.8 Å². The topological polar surface area (TPSA) is 106 Å². The number of aromatic nitrogens is 3. The first-order valence-electron chi connectivity index (χ1n) is 12.1. The van der Waals surface area contributed by atoms with E-state index in [1.165, 1.54) is 11.3 Å². The highest BCUT2D eigenvalue weighted by Gasteiger charge is 2.23. The first kappa shape index (κ1) is 25.2. The van der Waals surface area contributed by atoms with Gasteiger partial charge in [-0.1, -0.05) is 48.9 Å². The molecular weight excluding hydrogens is 500 g/mol. The molecule has 2 heterocycles. The van der Waals surface area contributed by atoms with Gasteiger partial charge < -0.3 is 14.5 Å². The predicted octanol–water partition coefficient (Wildman–Crippen LogP) is 6.24. The van der Waals surface area contributed by atoms with E-state index in [2.05, 4.69) is 20.3 Å². The average Bonchev–Trinajstić information content (AvgIpc) is 3.58. The minimum absolute atomic E-state index is 0.315. The maximum Gasteiger partial charge on any atom is 0.338 e. The SMILES string of the molecule is CCC(OC(=O)c1ccc2nc(-c3ccc(C)cc3)[nH]c2c1)C(=O)Nc1nc(-c2cccc(OC)c2)cs1. The zero-order valence-corrected chi connectivity index (χ0v) is 22.0. The molecular formula is C29H26N4O4S. The molecule has 1 unspecified atom stereocenters. The first-order chi connectivity index (χ1) is 18.4. The molecule has 0 fully saturated rings. The normalized spacial score (nSPS) is 11.8. The Balaban J connectivity index is 1.26. The number of nitrogens with zero attached hydrogens (tertiary/aromatic N) is 2. The Labute approximate surface area is 223 Å². The molecule has 192 valence electrons. The number of methoxy groups -OCH3 is 1. The van der Waals surface area contributed by atoms with Crippen molar-refractivity contribution in [2.75, 3.05) is 12.4 Å². The molecule has 2 N–H and O–H groups in total. The molecule has 0 saturated heterocycles. The molecule has 0 bridgehead atoms. The van der Waals surface area contributed by atoms with Crippen LogP contribution in [0.15, 0.2) is 72.1 Å². The molecule has 1 amide bonds. The first-order valence-corrected chi connectivity index (χ1v) is 13.0. The van der Waals surface area contributed by atoms with E-state index in [1.807, 2.05) is 60.8 Å². The summed E-state index contributed by atoms with van der Waals surface area (Å²) >= 11 is 1.30. The van der Waals surface area contributed by atoms with Crippen molar-refractivity contribution < 1.29 is 19.1 Å². The lowest BCUT2D eigenvalue weighted by atomic mass is 10.1. The zero-order chi connectivity index (χ0) is 26.6. The zero-order valence-electron chi connectivity index (χ0n) is 21.1. The molecule has 0 aliphatic heterocycles. The summed E-state index contributed by atoms with van der Waals surface area (Å²) < 4.78 is 10.8. The number of rotatable bonds is 8. The van der Waals surface area contributed by atoms with E-state index < -0.39 is 18.0 Å². The summed E-state index contributed by atoms with van der Waals surface area (Å²) in [6.45, 7) is 3.81. The second-order valence-electron chi connectivity index (χ2n) is 8.74. The minimum atomic E-state index is -0.966. The van der Waals surface area contributed by atoms with Gasteiger partial charge in [0, 0.05) is 16.5 Å². The summed E-state index contributed by atoms with van der Waals surface area (Å²) in [7, 11) is 1.60. The smallest absolute Gasteiger partial charge is 0.338 e. The number of hydrogen-bond acceptors (Lipinski definition) is 7. The molecule has 0 aliphatic carbocycles. The Morgan fingerprint density at radius 2 is 1.84 bits per heavy atom. The summed E-state index contributed by atoms with van der Waals surface area (Å²) in [6, 6.07) is 20.6. The molecule has 0 radical (unpaired) electrons. The van der Waals surface area contributed by atoms with Crippen LogP contribution in [0.3, 0.4) is 0 Å². The Morgan fingerprint density at radius 3 is 2.61 bits per heavy atom. The molecule has 8 nitrogen and oxygen atoms in total. The minimum Gasteiger partial charge on any atom is -0.497 e.